The summed E-state index contributed by atoms with van der Waals surface area (Å²) in [5.41, 5.74) is 2.57. The normalized spacial score (nSPS) is 12.8. The van der Waals surface area contributed by atoms with E-state index in [0.29, 0.717) is 29.5 Å². The molecule has 11 heteroatoms. The number of carbonyl (C=O) groups excluding carboxylic acids is 2. The van der Waals surface area contributed by atoms with Gasteiger partial charge in [0.2, 0.25) is 11.8 Å². The van der Waals surface area contributed by atoms with Crippen molar-refractivity contribution < 1.29 is 24.2 Å². The van der Waals surface area contributed by atoms with E-state index >= 15 is 0 Å². The van der Waals surface area contributed by atoms with Crippen molar-refractivity contribution in [2.45, 2.75) is 51.0 Å². The summed E-state index contributed by atoms with van der Waals surface area (Å²) in [5.74, 6) is 0.664. The average molecular weight is 642 g/mol. The van der Waals surface area contributed by atoms with Gasteiger partial charge in [0.15, 0.2) is 0 Å². The number of benzene rings is 3. The summed E-state index contributed by atoms with van der Waals surface area (Å²) < 4.78 is 5.88. The summed E-state index contributed by atoms with van der Waals surface area (Å²) >= 11 is 6.47. The highest BCUT2D eigenvalue weighted by molar-refractivity contribution is 6.30. The lowest BCUT2D eigenvalue weighted by Gasteiger charge is -2.22. The number of rotatable bonds is 13. The quantitative estimate of drug-likeness (QED) is 0.156. The zero-order chi connectivity index (χ0) is 32.5. The Balaban J connectivity index is 1.21. The van der Waals surface area contributed by atoms with Gasteiger partial charge < -0.3 is 25.4 Å². The van der Waals surface area contributed by atoms with Crippen LogP contribution in [0.3, 0.4) is 0 Å². The lowest BCUT2D eigenvalue weighted by molar-refractivity contribution is -0.136. The van der Waals surface area contributed by atoms with Gasteiger partial charge in [0.05, 0.1) is 19.4 Å². The molecule has 1 aromatic heterocycles. The van der Waals surface area contributed by atoms with Gasteiger partial charge in [-0.2, -0.15) is 0 Å². The highest BCUT2D eigenvalue weighted by Crippen LogP contribution is 2.27. The van der Waals surface area contributed by atoms with Crippen LogP contribution >= 0.6 is 11.6 Å². The molecule has 238 valence electrons. The van der Waals surface area contributed by atoms with E-state index < -0.39 is 5.97 Å². The molecular formula is C35H36ClN5O5. The monoisotopic (exact) mass is 641 g/mol. The minimum atomic E-state index is -1.07. The molecular weight excluding hydrogens is 606 g/mol. The second kappa shape index (κ2) is 15.4. The number of aromatic nitrogens is 2. The fourth-order valence-electron chi connectivity index (χ4n) is 5.44. The van der Waals surface area contributed by atoms with Crippen LogP contribution in [-0.4, -0.2) is 52.5 Å². The van der Waals surface area contributed by atoms with E-state index in [1.54, 1.807) is 24.1 Å². The summed E-state index contributed by atoms with van der Waals surface area (Å²) in [6, 6.07) is 24.3. The van der Waals surface area contributed by atoms with E-state index in [4.69, 9.17) is 16.3 Å². The van der Waals surface area contributed by atoms with E-state index in [0.717, 1.165) is 42.6 Å². The van der Waals surface area contributed by atoms with Gasteiger partial charge in [0.25, 0.3) is 0 Å². The highest BCUT2D eigenvalue weighted by Gasteiger charge is 2.22. The molecule has 3 aromatic carbocycles. The van der Waals surface area contributed by atoms with Crippen molar-refractivity contribution in [2.24, 2.45) is 0 Å². The lowest BCUT2D eigenvalue weighted by atomic mass is 10.1. The van der Waals surface area contributed by atoms with Crippen molar-refractivity contribution in [2.75, 3.05) is 23.8 Å². The van der Waals surface area contributed by atoms with Gasteiger partial charge >= 0.3 is 5.97 Å². The van der Waals surface area contributed by atoms with Crippen LogP contribution in [0.15, 0.2) is 78.9 Å². The zero-order valence-electron chi connectivity index (χ0n) is 25.5. The summed E-state index contributed by atoms with van der Waals surface area (Å²) in [6.07, 6.45) is 4.24. The molecule has 1 heterocycles. The number of halogens is 1. The molecule has 5 rings (SSSR count). The first-order valence-corrected chi connectivity index (χ1v) is 15.6. The predicted octanol–water partition coefficient (Wildman–Crippen LogP) is 5.82. The van der Waals surface area contributed by atoms with E-state index in [9.17, 15) is 19.5 Å². The van der Waals surface area contributed by atoms with Gasteiger partial charge in [0, 0.05) is 30.8 Å². The smallest absolute Gasteiger partial charge is 0.308 e. The number of hydrogen-bond donors (Lipinski definition) is 3. The largest absolute Gasteiger partial charge is 0.481 e. The van der Waals surface area contributed by atoms with Crippen LogP contribution in [0, 0.1) is 0 Å². The van der Waals surface area contributed by atoms with Crippen molar-refractivity contribution in [3.8, 4) is 11.5 Å². The second-order valence-corrected chi connectivity index (χ2v) is 11.7. The number of para-hydroxylation sites is 1. The maximum atomic E-state index is 12.8. The summed E-state index contributed by atoms with van der Waals surface area (Å²) in [6.45, 7) is 0.00857. The number of hydrogen-bond acceptors (Lipinski definition) is 7. The Kier molecular flexibility index (Phi) is 10.8. The van der Waals surface area contributed by atoms with Crippen LogP contribution in [0.2, 0.25) is 5.15 Å². The first-order valence-electron chi connectivity index (χ1n) is 15.2. The molecule has 3 N–H and O–H groups in total. The van der Waals surface area contributed by atoms with Crippen molar-refractivity contribution >= 4 is 40.9 Å². The second-order valence-electron chi connectivity index (χ2n) is 11.4. The SMILES string of the molecule is CN(CC(=O)NC1CCCC1)c1nc(Cc2ccc(NC(=O)Cc3cccc(Oc4ccccc4)c3)cc2)nc(Cl)c1CC(=O)O. The van der Waals surface area contributed by atoms with Crippen LogP contribution in [-0.2, 0) is 33.6 Å². The fraction of sp³-hybridized carbons (Fsp3) is 0.286. The topological polar surface area (TPSA) is 134 Å². The van der Waals surface area contributed by atoms with Gasteiger partial charge in [-0.15, -0.1) is 0 Å². The van der Waals surface area contributed by atoms with Crippen molar-refractivity contribution in [1.29, 1.82) is 0 Å². The Morgan fingerprint density at radius 1 is 0.891 bits per heavy atom. The fourth-order valence-corrected chi connectivity index (χ4v) is 5.69. The molecule has 0 radical (unpaired) electrons. The summed E-state index contributed by atoms with van der Waals surface area (Å²) in [5, 5.41) is 15.5. The summed E-state index contributed by atoms with van der Waals surface area (Å²) in [7, 11) is 1.69. The molecule has 0 atom stereocenters. The number of nitrogens with zero attached hydrogens (tertiary/aromatic N) is 3. The van der Waals surface area contributed by atoms with Gasteiger partial charge in [-0.3, -0.25) is 14.4 Å². The van der Waals surface area contributed by atoms with E-state index in [-0.39, 0.29) is 48.0 Å². The average Bonchev–Trinajstić information content (AvgIpc) is 3.52. The Morgan fingerprint density at radius 2 is 1.61 bits per heavy atom. The molecule has 4 aromatic rings. The minimum absolute atomic E-state index is 0.00857. The van der Waals surface area contributed by atoms with E-state index in [1.165, 1.54) is 0 Å². The molecule has 10 nitrogen and oxygen atoms in total. The third-order valence-electron chi connectivity index (χ3n) is 7.61. The molecule has 1 aliphatic carbocycles. The van der Waals surface area contributed by atoms with Crippen LogP contribution in [0.4, 0.5) is 11.5 Å². The Morgan fingerprint density at radius 3 is 2.33 bits per heavy atom. The molecule has 0 aliphatic heterocycles. The van der Waals surface area contributed by atoms with Gasteiger partial charge in [0.1, 0.15) is 28.3 Å². The standard InChI is InChI=1S/C35H36ClN5O5/c1-41(22-32(43)38-25-9-5-6-10-25)35-29(21-33(44)45)34(36)39-30(40-35)19-23-14-16-26(17-15-23)37-31(42)20-24-8-7-13-28(18-24)46-27-11-3-2-4-12-27/h2-4,7-8,11-18,25H,5-6,9-10,19-22H2,1H3,(H,37,42)(H,38,43)(H,44,45). The number of carbonyl (C=O) groups is 3. The molecule has 1 fully saturated rings. The van der Waals surface area contributed by atoms with Crippen molar-refractivity contribution in [3.63, 3.8) is 0 Å². The molecule has 0 bridgehead atoms. The van der Waals surface area contributed by atoms with E-state index in [1.807, 2.05) is 66.7 Å². The molecule has 46 heavy (non-hydrogen) atoms. The maximum absolute atomic E-state index is 12.8. The molecule has 0 spiro atoms. The number of aliphatic carboxylic acids is 1. The zero-order valence-corrected chi connectivity index (χ0v) is 26.3. The van der Waals surface area contributed by atoms with Crippen LogP contribution < -0.4 is 20.3 Å². The number of carboxylic acids is 1. The van der Waals surface area contributed by atoms with Gasteiger partial charge in [-0.25, -0.2) is 9.97 Å². The first-order chi connectivity index (χ1) is 22.2. The lowest BCUT2D eigenvalue weighted by Crippen LogP contribution is -2.40. The molecule has 0 saturated heterocycles. The number of nitrogens with one attached hydrogen (secondary N) is 2. The Hall–Kier alpha value is -4.96. The highest BCUT2D eigenvalue weighted by atomic mass is 35.5. The van der Waals surface area contributed by atoms with Crippen LogP contribution in [0.1, 0.15) is 48.2 Å². The number of amides is 2. The Labute approximate surface area is 272 Å². The third-order valence-corrected chi connectivity index (χ3v) is 7.93. The molecule has 2 amide bonds. The molecule has 0 unspecified atom stereocenters. The van der Waals surface area contributed by atoms with Gasteiger partial charge in [-0.1, -0.05) is 66.9 Å². The van der Waals surface area contributed by atoms with Crippen molar-refractivity contribution in [3.05, 3.63) is 107 Å². The maximum Gasteiger partial charge on any atom is 0.308 e. The predicted molar refractivity (Wildman–Crippen MR) is 177 cm³/mol. The van der Waals surface area contributed by atoms with E-state index in [2.05, 4.69) is 20.6 Å². The number of anilines is 2. The molecule has 1 aliphatic rings. The Bertz CT molecular complexity index is 1680. The van der Waals surface area contributed by atoms with Crippen LogP contribution in [0.5, 0.6) is 11.5 Å². The minimum Gasteiger partial charge on any atom is -0.481 e. The summed E-state index contributed by atoms with van der Waals surface area (Å²) in [4.78, 5) is 47.6. The molecule has 1 saturated carbocycles. The number of ether oxygens (including phenoxy) is 1. The number of carboxylic acid groups (broad SMARTS) is 1. The number of likely N-dealkylation sites (N-methyl/N-ethyl adjacent to an activating group) is 1. The third kappa shape index (κ3) is 9.28. The van der Waals surface area contributed by atoms with Gasteiger partial charge in [-0.05, 0) is 60.4 Å². The van der Waals surface area contributed by atoms with Crippen LogP contribution in [0.25, 0.3) is 0 Å². The van der Waals surface area contributed by atoms with Crippen molar-refractivity contribution in [1.82, 2.24) is 15.3 Å². The first kappa shape index (κ1) is 32.4.